The van der Waals surface area contributed by atoms with E-state index in [4.69, 9.17) is 5.11 Å². The van der Waals surface area contributed by atoms with Crippen LogP contribution >= 0.6 is 0 Å². The molecule has 0 unspecified atom stereocenters. The van der Waals surface area contributed by atoms with E-state index in [1.54, 1.807) is 12.1 Å². The van der Waals surface area contributed by atoms with Crippen LogP contribution < -0.4 is 0 Å². The fourth-order valence-corrected chi connectivity index (χ4v) is 2.95. The van der Waals surface area contributed by atoms with Crippen LogP contribution in [0.1, 0.15) is 18.5 Å². The molecule has 3 rings (SSSR count). The minimum absolute atomic E-state index is 0.0154. The zero-order chi connectivity index (χ0) is 20.3. The minimum Gasteiger partial charge on any atom is -0.508 e. The molecule has 0 aliphatic rings. The Kier molecular flexibility index (Phi) is 5.25. The van der Waals surface area contributed by atoms with E-state index in [1.807, 2.05) is 0 Å². The summed E-state index contributed by atoms with van der Waals surface area (Å²) in [7, 11) is 0. The molecular weight excluding hydrogens is 366 g/mol. The summed E-state index contributed by atoms with van der Waals surface area (Å²) < 4.78 is 0. The van der Waals surface area contributed by atoms with Gasteiger partial charge in [0.25, 0.3) is 5.69 Å². The number of aromatic amines is 1. The molecule has 28 heavy (non-hydrogen) atoms. The molecule has 144 valence electrons. The largest absolute Gasteiger partial charge is 0.508 e. The molecule has 0 atom stereocenters. The highest BCUT2D eigenvalue weighted by Crippen LogP contribution is 2.39. The number of carboxylic acids is 1. The lowest BCUT2D eigenvalue weighted by Gasteiger charge is -2.08. The average Bonchev–Trinajstić information content (AvgIpc) is 3.05. The number of nitrogens with one attached hydrogen (secondary N) is 1. The van der Waals surface area contributed by atoms with Gasteiger partial charge in [-0.2, -0.15) is 5.10 Å². The summed E-state index contributed by atoms with van der Waals surface area (Å²) in [6.07, 6.45) is 0.751. The summed E-state index contributed by atoms with van der Waals surface area (Å²) in [5.74, 6) is -1.19. The number of phenols is 2. The van der Waals surface area contributed by atoms with Crippen molar-refractivity contribution in [2.75, 3.05) is 0 Å². The first-order chi connectivity index (χ1) is 13.4. The summed E-state index contributed by atoms with van der Waals surface area (Å²) in [5, 5.41) is 46.6. The molecule has 1 aromatic heterocycles. The molecule has 0 saturated heterocycles. The van der Waals surface area contributed by atoms with Gasteiger partial charge in [0.2, 0.25) is 0 Å². The number of nitro benzene ring substituents is 1. The monoisotopic (exact) mass is 383 g/mol. The number of hydrogen-bond donors (Lipinski definition) is 4. The van der Waals surface area contributed by atoms with Crippen molar-refractivity contribution in [3.05, 3.63) is 58.3 Å². The van der Waals surface area contributed by atoms with E-state index in [9.17, 15) is 25.1 Å². The number of nitrogens with zero attached hydrogens (tertiary/aromatic N) is 2. The van der Waals surface area contributed by atoms with Gasteiger partial charge in [0.15, 0.2) is 0 Å². The van der Waals surface area contributed by atoms with Crippen LogP contribution in [0.4, 0.5) is 5.69 Å². The average molecular weight is 383 g/mol. The molecule has 3 aromatic rings. The van der Waals surface area contributed by atoms with Gasteiger partial charge in [-0.25, -0.2) is 0 Å². The molecule has 0 fully saturated rings. The highest BCUT2D eigenvalue weighted by Gasteiger charge is 2.20. The van der Waals surface area contributed by atoms with Crippen LogP contribution in [0.25, 0.3) is 22.4 Å². The Hall–Kier alpha value is -3.88. The molecule has 0 bridgehead atoms. The molecule has 0 aliphatic carbocycles. The fraction of sp³-hybridized carbons (Fsp3) is 0.158. The number of hydrogen-bond acceptors (Lipinski definition) is 6. The Morgan fingerprint density at radius 3 is 2.46 bits per heavy atom. The van der Waals surface area contributed by atoms with E-state index in [0.29, 0.717) is 40.9 Å². The Labute approximate surface area is 159 Å². The number of phenolic OH excluding ortho intramolecular Hbond substituents is 2. The summed E-state index contributed by atoms with van der Waals surface area (Å²) >= 11 is 0. The first kappa shape index (κ1) is 18.9. The molecule has 4 N–H and O–H groups in total. The van der Waals surface area contributed by atoms with Crippen molar-refractivity contribution >= 4 is 11.7 Å². The number of nitro groups is 1. The molecule has 9 nitrogen and oxygen atoms in total. The zero-order valence-electron chi connectivity index (χ0n) is 14.6. The van der Waals surface area contributed by atoms with E-state index in [2.05, 4.69) is 10.2 Å². The van der Waals surface area contributed by atoms with Crippen molar-refractivity contribution < 1.29 is 25.0 Å². The minimum atomic E-state index is -0.909. The number of aliphatic carboxylic acids is 1. The second-order valence-corrected chi connectivity index (χ2v) is 6.18. The maximum atomic E-state index is 10.9. The smallest absolute Gasteiger partial charge is 0.303 e. The number of aryl methyl sites for hydroxylation is 1. The quantitative estimate of drug-likeness (QED) is 0.360. The topological polar surface area (TPSA) is 150 Å². The lowest BCUT2D eigenvalue weighted by molar-refractivity contribution is -0.384. The first-order valence-corrected chi connectivity index (χ1v) is 8.43. The molecule has 2 aromatic carbocycles. The van der Waals surface area contributed by atoms with E-state index >= 15 is 0 Å². The second kappa shape index (κ2) is 7.78. The van der Waals surface area contributed by atoms with E-state index in [1.165, 1.54) is 30.3 Å². The van der Waals surface area contributed by atoms with Crippen molar-refractivity contribution in [1.82, 2.24) is 10.2 Å². The van der Waals surface area contributed by atoms with E-state index < -0.39 is 10.9 Å². The van der Waals surface area contributed by atoms with Crippen LogP contribution in [0.5, 0.6) is 11.5 Å². The third kappa shape index (κ3) is 3.93. The summed E-state index contributed by atoms with van der Waals surface area (Å²) in [6, 6.07) is 9.99. The molecule has 0 aliphatic heterocycles. The normalized spacial score (nSPS) is 10.7. The van der Waals surface area contributed by atoms with Gasteiger partial charge in [-0.3, -0.25) is 20.0 Å². The number of carbonyl (C=O) groups is 1. The number of non-ortho nitro benzene ring substituents is 1. The van der Waals surface area contributed by atoms with Crippen molar-refractivity contribution in [3.8, 4) is 33.9 Å². The Morgan fingerprint density at radius 2 is 1.86 bits per heavy atom. The molecular formula is C19H17N3O6. The lowest BCUT2D eigenvalue weighted by Crippen LogP contribution is -1.97. The van der Waals surface area contributed by atoms with Gasteiger partial charge in [0, 0.05) is 41.4 Å². The van der Waals surface area contributed by atoms with Gasteiger partial charge in [0.1, 0.15) is 17.2 Å². The van der Waals surface area contributed by atoms with E-state index in [0.717, 1.165) is 0 Å². The molecule has 9 heteroatoms. The summed E-state index contributed by atoms with van der Waals surface area (Å²) in [5.41, 5.74) is 2.60. The molecule has 0 radical (unpaired) electrons. The van der Waals surface area contributed by atoms with Gasteiger partial charge < -0.3 is 15.3 Å². The summed E-state index contributed by atoms with van der Waals surface area (Å²) in [4.78, 5) is 21.2. The van der Waals surface area contributed by atoms with Crippen molar-refractivity contribution in [1.29, 1.82) is 0 Å². The number of rotatable bonds is 7. The predicted octanol–water partition coefficient (Wildman–Crippen LogP) is 3.47. The van der Waals surface area contributed by atoms with Crippen LogP contribution in [-0.2, 0) is 11.2 Å². The maximum Gasteiger partial charge on any atom is 0.303 e. The van der Waals surface area contributed by atoms with Gasteiger partial charge in [0.05, 0.1) is 4.92 Å². The standard InChI is InChI=1S/C19H17N3O6/c23-13-8-9-14(16(24)10-13)19-18(11-4-6-12(7-5-11)22(27)28)15(20-21-19)2-1-3-17(25)26/h4-10,23-24H,1-3H2,(H,20,21)(H,25,26). The molecule has 0 spiro atoms. The number of benzene rings is 2. The van der Waals surface area contributed by atoms with Gasteiger partial charge >= 0.3 is 5.97 Å². The second-order valence-electron chi connectivity index (χ2n) is 6.18. The number of aromatic hydroxyl groups is 2. The predicted molar refractivity (Wildman–Crippen MR) is 100 cm³/mol. The van der Waals surface area contributed by atoms with Gasteiger partial charge in [-0.15, -0.1) is 0 Å². The third-order valence-electron chi connectivity index (χ3n) is 4.26. The van der Waals surface area contributed by atoms with Crippen LogP contribution in [0, 0.1) is 10.1 Å². The Bertz CT molecular complexity index is 1030. The van der Waals surface area contributed by atoms with Crippen molar-refractivity contribution in [3.63, 3.8) is 0 Å². The summed E-state index contributed by atoms with van der Waals surface area (Å²) in [6.45, 7) is 0. The van der Waals surface area contributed by atoms with Crippen LogP contribution in [0.3, 0.4) is 0 Å². The SMILES string of the molecule is O=C(O)CCCc1[nH]nc(-c2ccc(O)cc2O)c1-c1ccc([N+](=O)[O-])cc1. The van der Waals surface area contributed by atoms with Gasteiger partial charge in [-0.1, -0.05) is 0 Å². The fourth-order valence-electron chi connectivity index (χ4n) is 2.95. The maximum absolute atomic E-state index is 10.9. The molecule has 1 heterocycles. The van der Waals surface area contributed by atoms with Crippen LogP contribution in [0.2, 0.25) is 0 Å². The highest BCUT2D eigenvalue weighted by atomic mass is 16.6. The Balaban J connectivity index is 2.08. The van der Waals surface area contributed by atoms with Gasteiger partial charge in [-0.05, 0) is 42.7 Å². The van der Waals surface area contributed by atoms with E-state index in [-0.39, 0.29) is 23.6 Å². The molecule has 0 amide bonds. The zero-order valence-corrected chi connectivity index (χ0v) is 14.6. The van der Waals surface area contributed by atoms with Crippen LogP contribution in [0.15, 0.2) is 42.5 Å². The van der Waals surface area contributed by atoms with Crippen molar-refractivity contribution in [2.24, 2.45) is 0 Å². The van der Waals surface area contributed by atoms with Crippen molar-refractivity contribution in [2.45, 2.75) is 19.3 Å². The highest BCUT2D eigenvalue weighted by molar-refractivity contribution is 5.85. The number of aromatic nitrogens is 2. The number of H-pyrrole nitrogens is 1. The third-order valence-corrected chi connectivity index (χ3v) is 4.26. The molecule has 0 saturated carbocycles. The lowest BCUT2D eigenvalue weighted by atomic mass is 9.96. The first-order valence-electron chi connectivity index (χ1n) is 8.43. The number of carboxylic acid groups (broad SMARTS) is 1. The van der Waals surface area contributed by atoms with Crippen LogP contribution in [-0.4, -0.2) is 36.4 Å². The Morgan fingerprint density at radius 1 is 1.14 bits per heavy atom.